The molecular weight excluding hydrogens is 366 g/mol. The number of pyridine rings is 1. The van der Waals surface area contributed by atoms with E-state index < -0.39 is 0 Å². The van der Waals surface area contributed by atoms with Crippen LogP contribution in [0.2, 0.25) is 0 Å². The Morgan fingerprint density at radius 2 is 1.66 bits per heavy atom. The third kappa shape index (κ3) is 4.45. The Labute approximate surface area is 170 Å². The molecule has 0 aliphatic rings. The number of nitrogens with zero attached hydrogens (tertiary/aromatic N) is 3. The number of rotatable bonds is 4. The molecule has 0 bridgehead atoms. The average Bonchev–Trinajstić information content (AvgIpc) is 3.01. The Morgan fingerprint density at radius 3 is 2.24 bits per heavy atom. The van der Waals surface area contributed by atoms with Crippen LogP contribution in [0.4, 0.5) is 5.82 Å². The molecule has 7 heteroatoms. The molecule has 0 saturated heterocycles. The number of hydrogen-bond acceptors (Lipinski definition) is 4. The average molecular weight is 393 g/mol. The lowest BCUT2D eigenvalue weighted by atomic mass is 10.1. The minimum absolute atomic E-state index is 0.00151. The zero-order chi connectivity index (χ0) is 21.3. The molecule has 7 nitrogen and oxygen atoms in total. The predicted octanol–water partition coefficient (Wildman–Crippen LogP) is 3.89. The Hall–Kier alpha value is -3.22. The van der Waals surface area contributed by atoms with Gasteiger partial charge in [0.1, 0.15) is 5.82 Å². The van der Waals surface area contributed by atoms with E-state index in [0.717, 1.165) is 5.56 Å². The highest BCUT2D eigenvalue weighted by molar-refractivity contribution is 6.06. The van der Waals surface area contributed by atoms with E-state index >= 15 is 0 Å². The zero-order valence-corrected chi connectivity index (χ0v) is 17.7. The fourth-order valence-electron chi connectivity index (χ4n) is 2.92. The van der Waals surface area contributed by atoms with E-state index in [-0.39, 0.29) is 23.4 Å². The van der Waals surface area contributed by atoms with Gasteiger partial charge >= 0.3 is 0 Å². The highest BCUT2D eigenvalue weighted by Gasteiger charge is 2.25. The van der Waals surface area contributed by atoms with Gasteiger partial charge in [-0.05, 0) is 65.8 Å². The van der Waals surface area contributed by atoms with Crippen molar-refractivity contribution in [2.75, 3.05) is 5.32 Å². The van der Waals surface area contributed by atoms with Crippen molar-refractivity contribution in [3.63, 3.8) is 0 Å². The van der Waals surface area contributed by atoms with Crippen molar-refractivity contribution >= 4 is 28.7 Å². The molecule has 2 amide bonds. The van der Waals surface area contributed by atoms with Gasteiger partial charge in [-0.1, -0.05) is 17.7 Å². The SMILES string of the molecule is Cc1ccc(C(=O)Nc2ccc3c(C(=O)NC(C)C)nn(C(C)(C)C)c3n2)cc1. The molecule has 0 aliphatic carbocycles. The summed E-state index contributed by atoms with van der Waals surface area (Å²) in [6, 6.07) is 10.8. The molecule has 2 N–H and O–H groups in total. The van der Waals surface area contributed by atoms with Gasteiger partial charge in [0, 0.05) is 11.6 Å². The number of aryl methyl sites for hydroxylation is 1. The van der Waals surface area contributed by atoms with Crippen LogP contribution in [0.25, 0.3) is 11.0 Å². The second kappa shape index (κ2) is 7.66. The fourth-order valence-corrected chi connectivity index (χ4v) is 2.92. The third-order valence-electron chi connectivity index (χ3n) is 4.36. The minimum Gasteiger partial charge on any atom is -0.348 e. The summed E-state index contributed by atoms with van der Waals surface area (Å²) < 4.78 is 1.72. The molecule has 0 unspecified atom stereocenters. The normalized spacial score (nSPS) is 11.7. The number of nitrogens with one attached hydrogen (secondary N) is 2. The van der Waals surface area contributed by atoms with Crippen molar-refractivity contribution in [3.8, 4) is 0 Å². The number of aromatic nitrogens is 3. The number of amides is 2. The first-order valence-electron chi connectivity index (χ1n) is 9.65. The van der Waals surface area contributed by atoms with E-state index in [1.54, 1.807) is 28.9 Å². The summed E-state index contributed by atoms with van der Waals surface area (Å²) in [5, 5.41) is 10.9. The summed E-state index contributed by atoms with van der Waals surface area (Å²) in [7, 11) is 0. The summed E-state index contributed by atoms with van der Waals surface area (Å²) in [4.78, 5) is 29.7. The van der Waals surface area contributed by atoms with Crippen molar-refractivity contribution in [1.29, 1.82) is 0 Å². The van der Waals surface area contributed by atoms with E-state index in [0.29, 0.717) is 28.1 Å². The van der Waals surface area contributed by atoms with Gasteiger partial charge in [-0.25, -0.2) is 9.67 Å². The number of carbonyl (C=O) groups is 2. The van der Waals surface area contributed by atoms with Crippen molar-refractivity contribution in [1.82, 2.24) is 20.1 Å². The molecule has 2 aromatic heterocycles. The maximum Gasteiger partial charge on any atom is 0.272 e. The van der Waals surface area contributed by atoms with Gasteiger partial charge in [-0.2, -0.15) is 5.10 Å². The van der Waals surface area contributed by atoms with Crippen LogP contribution in [0.15, 0.2) is 36.4 Å². The lowest BCUT2D eigenvalue weighted by molar-refractivity contribution is 0.0937. The van der Waals surface area contributed by atoms with Crippen LogP contribution in [0.3, 0.4) is 0 Å². The number of benzene rings is 1. The fraction of sp³-hybridized carbons (Fsp3) is 0.364. The molecule has 3 rings (SSSR count). The van der Waals surface area contributed by atoms with Crippen molar-refractivity contribution < 1.29 is 9.59 Å². The molecule has 29 heavy (non-hydrogen) atoms. The molecule has 0 atom stereocenters. The Morgan fingerprint density at radius 1 is 1.00 bits per heavy atom. The maximum absolute atomic E-state index is 12.6. The highest BCUT2D eigenvalue weighted by Crippen LogP contribution is 2.25. The van der Waals surface area contributed by atoms with Gasteiger partial charge in [0.15, 0.2) is 11.3 Å². The van der Waals surface area contributed by atoms with Crippen LogP contribution < -0.4 is 10.6 Å². The maximum atomic E-state index is 12.6. The van der Waals surface area contributed by atoms with Gasteiger partial charge in [0.2, 0.25) is 0 Å². The summed E-state index contributed by atoms with van der Waals surface area (Å²) in [6.07, 6.45) is 0. The van der Waals surface area contributed by atoms with Crippen LogP contribution in [0.5, 0.6) is 0 Å². The van der Waals surface area contributed by atoms with Crippen molar-refractivity contribution in [2.24, 2.45) is 0 Å². The number of hydrogen-bond donors (Lipinski definition) is 2. The van der Waals surface area contributed by atoms with Crippen LogP contribution in [0, 0.1) is 6.92 Å². The first kappa shape index (κ1) is 20.5. The molecule has 0 radical (unpaired) electrons. The highest BCUT2D eigenvalue weighted by atomic mass is 16.2. The topological polar surface area (TPSA) is 88.9 Å². The van der Waals surface area contributed by atoms with Crippen LogP contribution in [0.1, 0.15) is 61.0 Å². The number of anilines is 1. The quantitative estimate of drug-likeness (QED) is 0.704. The smallest absolute Gasteiger partial charge is 0.272 e. The van der Waals surface area contributed by atoms with Crippen molar-refractivity contribution in [3.05, 3.63) is 53.2 Å². The Balaban J connectivity index is 2.00. The van der Waals surface area contributed by atoms with E-state index in [1.807, 2.05) is 53.7 Å². The van der Waals surface area contributed by atoms with E-state index in [4.69, 9.17) is 0 Å². The number of fused-ring (bicyclic) bond motifs is 1. The molecule has 0 fully saturated rings. The monoisotopic (exact) mass is 393 g/mol. The zero-order valence-electron chi connectivity index (χ0n) is 17.7. The standard InChI is InChI=1S/C22H27N5O2/c1-13(2)23-21(29)18-16-11-12-17(24-19(16)27(26-18)22(4,5)6)25-20(28)15-9-7-14(3)8-10-15/h7-13H,1-6H3,(H,23,29)(H,24,25,28). The lowest BCUT2D eigenvalue weighted by Crippen LogP contribution is -2.31. The summed E-state index contributed by atoms with van der Waals surface area (Å²) in [6.45, 7) is 11.7. The van der Waals surface area contributed by atoms with Crippen LogP contribution >= 0.6 is 0 Å². The number of carbonyl (C=O) groups excluding carboxylic acids is 2. The van der Waals surface area contributed by atoms with Gasteiger partial charge in [-0.15, -0.1) is 0 Å². The molecule has 152 valence electrons. The second-order valence-electron chi connectivity index (χ2n) is 8.45. The predicted molar refractivity (Wildman–Crippen MR) is 114 cm³/mol. The summed E-state index contributed by atoms with van der Waals surface area (Å²) >= 11 is 0. The third-order valence-corrected chi connectivity index (χ3v) is 4.36. The molecule has 1 aromatic carbocycles. The largest absolute Gasteiger partial charge is 0.348 e. The van der Waals surface area contributed by atoms with E-state index in [1.165, 1.54) is 0 Å². The molecule has 0 aliphatic heterocycles. The van der Waals surface area contributed by atoms with Crippen LogP contribution in [-0.4, -0.2) is 32.6 Å². The summed E-state index contributed by atoms with van der Waals surface area (Å²) in [5.41, 5.74) is 2.13. The first-order chi connectivity index (χ1) is 13.6. The molecule has 2 heterocycles. The molecule has 0 saturated carbocycles. The van der Waals surface area contributed by atoms with Crippen LogP contribution in [-0.2, 0) is 5.54 Å². The Bertz CT molecular complexity index is 1060. The Kier molecular flexibility index (Phi) is 5.42. The summed E-state index contributed by atoms with van der Waals surface area (Å²) in [5.74, 6) is -0.0769. The van der Waals surface area contributed by atoms with Gasteiger partial charge in [0.25, 0.3) is 11.8 Å². The van der Waals surface area contributed by atoms with Crippen molar-refractivity contribution in [2.45, 2.75) is 53.1 Å². The van der Waals surface area contributed by atoms with Gasteiger partial charge < -0.3 is 10.6 Å². The molecule has 3 aromatic rings. The first-order valence-corrected chi connectivity index (χ1v) is 9.65. The second-order valence-corrected chi connectivity index (χ2v) is 8.45. The minimum atomic E-state index is -0.388. The molecule has 0 spiro atoms. The van der Waals surface area contributed by atoms with Gasteiger partial charge in [0.05, 0.1) is 10.9 Å². The molecular formula is C22H27N5O2. The van der Waals surface area contributed by atoms with E-state index in [9.17, 15) is 9.59 Å². The van der Waals surface area contributed by atoms with Gasteiger partial charge in [-0.3, -0.25) is 9.59 Å². The lowest BCUT2D eigenvalue weighted by Gasteiger charge is -2.20. The van der Waals surface area contributed by atoms with E-state index in [2.05, 4.69) is 20.7 Å².